The number of piperidine rings is 1. The van der Waals surface area contributed by atoms with Gasteiger partial charge in [0.1, 0.15) is 0 Å². The highest BCUT2D eigenvalue weighted by atomic mass is 16.3. The molecule has 0 saturated carbocycles. The predicted octanol–water partition coefficient (Wildman–Crippen LogP) is 0.824. The van der Waals surface area contributed by atoms with Gasteiger partial charge in [-0.1, -0.05) is 6.92 Å². The van der Waals surface area contributed by atoms with Crippen molar-refractivity contribution in [3.63, 3.8) is 0 Å². The number of hydrogen-bond acceptors (Lipinski definition) is 4. The van der Waals surface area contributed by atoms with E-state index in [-0.39, 0.29) is 12.5 Å². The number of likely N-dealkylation sites (tertiary alicyclic amines) is 1. The van der Waals surface area contributed by atoms with Crippen molar-refractivity contribution in [2.24, 2.45) is 0 Å². The van der Waals surface area contributed by atoms with Crippen molar-refractivity contribution in [2.45, 2.75) is 57.5 Å². The molecule has 2 saturated heterocycles. The van der Waals surface area contributed by atoms with Gasteiger partial charge in [0, 0.05) is 31.7 Å². The van der Waals surface area contributed by atoms with E-state index in [9.17, 15) is 9.90 Å². The maximum Gasteiger partial charge on any atom is 0.236 e. The van der Waals surface area contributed by atoms with Crippen molar-refractivity contribution in [1.29, 1.82) is 0 Å². The average Bonchev–Trinajstić information content (AvgIpc) is 3.00. The van der Waals surface area contributed by atoms with Crippen LogP contribution >= 0.6 is 0 Å². The molecule has 5 nitrogen and oxygen atoms in total. The van der Waals surface area contributed by atoms with Crippen LogP contribution in [0, 0.1) is 0 Å². The van der Waals surface area contributed by atoms with Crippen LogP contribution in [0.25, 0.3) is 0 Å². The Bertz CT molecular complexity index is 319. The Labute approximate surface area is 128 Å². The number of hydrogen-bond donors (Lipinski definition) is 2. The second-order valence-electron chi connectivity index (χ2n) is 6.40. The summed E-state index contributed by atoms with van der Waals surface area (Å²) >= 11 is 0. The van der Waals surface area contributed by atoms with Gasteiger partial charge in [-0.3, -0.25) is 9.69 Å². The maximum absolute atomic E-state index is 12.6. The summed E-state index contributed by atoms with van der Waals surface area (Å²) in [5.41, 5.74) is 0. The lowest BCUT2D eigenvalue weighted by atomic mass is 10.00. The summed E-state index contributed by atoms with van der Waals surface area (Å²) < 4.78 is 0. The van der Waals surface area contributed by atoms with E-state index in [2.05, 4.69) is 22.0 Å². The fraction of sp³-hybridized carbons (Fsp3) is 0.938. The van der Waals surface area contributed by atoms with Crippen LogP contribution in [0.2, 0.25) is 0 Å². The van der Waals surface area contributed by atoms with Gasteiger partial charge >= 0.3 is 0 Å². The molecule has 0 aromatic rings. The van der Waals surface area contributed by atoms with Gasteiger partial charge in [-0.15, -0.1) is 0 Å². The average molecular weight is 297 g/mol. The van der Waals surface area contributed by atoms with E-state index in [0.29, 0.717) is 25.2 Å². The van der Waals surface area contributed by atoms with Crippen LogP contribution in [0.5, 0.6) is 0 Å². The molecule has 0 bridgehead atoms. The van der Waals surface area contributed by atoms with Gasteiger partial charge in [0.2, 0.25) is 5.91 Å². The molecule has 0 radical (unpaired) electrons. The van der Waals surface area contributed by atoms with Crippen LogP contribution in [-0.2, 0) is 4.79 Å². The third-order valence-electron chi connectivity index (χ3n) is 4.83. The van der Waals surface area contributed by atoms with Gasteiger partial charge < -0.3 is 15.3 Å². The van der Waals surface area contributed by atoms with E-state index < -0.39 is 0 Å². The normalized spacial score (nSPS) is 26.5. The van der Waals surface area contributed by atoms with Crippen LogP contribution in [0.4, 0.5) is 0 Å². The number of nitrogens with zero attached hydrogens (tertiary/aromatic N) is 2. The highest BCUT2D eigenvalue weighted by Crippen LogP contribution is 2.19. The van der Waals surface area contributed by atoms with Crippen LogP contribution in [0.1, 0.15) is 45.4 Å². The van der Waals surface area contributed by atoms with E-state index >= 15 is 0 Å². The van der Waals surface area contributed by atoms with E-state index in [1.807, 2.05) is 0 Å². The molecular weight excluding hydrogens is 266 g/mol. The van der Waals surface area contributed by atoms with Gasteiger partial charge in [-0.05, 0) is 45.1 Å². The molecule has 2 N–H and O–H groups in total. The number of aliphatic hydroxyl groups is 1. The second-order valence-corrected chi connectivity index (χ2v) is 6.40. The minimum atomic E-state index is 0.122. The van der Waals surface area contributed by atoms with E-state index in [0.717, 1.165) is 38.9 Å². The Hall–Kier alpha value is -0.650. The molecule has 0 aliphatic carbocycles. The minimum Gasteiger partial charge on any atom is -0.395 e. The summed E-state index contributed by atoms with van der Waals surface area (Å²) in [6, 6.07) is 0.902. The van der Waals surface area contributed by atoms with Gasteiger partial charge in [0.25, 0.3) is 0 Å². The van der Waals surface area contributed by atoms with Gasteiger partial charge in [0.05, 0.1) is 13.2 Å². The standard InChI is InChI=1S/C16H31N3O2/c1-2-15-7-3-4-9-19(15)16(21)13-18(10-11-20)12-14-6-5-8-17-14/h14-15,17,20H,2-13H2,1H3. The van der Waals surface area contributed by atoms with Crippen LogP contribution in [0.3, 0.4) is 0 Å². The van der Waals surface area contributed by atoms with Crippen molar-refractivity contribution in [3.8, 4) is 0 Å². The Morgan fingerprint density at radius 3 is 2.86 bits per heavy atom. The van der Waals surface area contributed by atoms with Crippen LogP contribution in [0.15, 0.2) is 0 Å². The van der Waals surface area contributed by atoms with Crippen LogP contribution < -0.4 is 5.32 Å². The third kappa shape index (κ3) is 4.94. The first-order chi connectivity index (χ1) is 10.2. The summed E-state index contributed by atoms with van der Waals surface area (Å²) in [5.74, 6) is 0.244. The van der Waals surface area contributed by atoms with Crippen molar-refractivity contribution in [2.75, 3.05) is 39.3 Å². The Kier molecular flexibility index (Phi) is 6.93. The Balaban J connectivity index is 1.86. The smallest absolute Gasteiger partial charge is 0.236 e. The summed E-state index contributed by atoms with van der Waals surface area (Å²) in [4.78, 5) is 16.8. The first-order valence-corrected chi connectivity index (χ1v) is 8.60. The number of aliphatic hydroxyl groups excluding tert-OH is 1. The van der Waals surface area contributed by atoms with Crippen molar-refractivity contribution >= 4 is 5.91 Å². The number of carbonyl (C=O) groups is 1. The molecule has 21 heavy (non-hydrogen) atoms. The molecule has 2 heterocycles. The fourth-order valence-corrected chi connectivity index (χ4v) is 3.64. The van der Waals surface area contributed by atoms with Crippen molar-refractivity contribution in [1.82, 2.24) is 15.1 Å². The third-order valence-corrected chi connectivity index (χ3v) is 4.83. The highest BCUT2D eigenvalue weighted by Gasteiger charge is 2.27. The molecule has 2 aliphatic heterocycles. The summed E-state index contributed by atoms with van der Waals surface area (Å²) in [5, 5.41) is 12.7. The summed E-state index contributed by atoms with van der Waals surface area (Å²) in [6.07, 6.45) is 6.97. The molecule has 122 valence electrons. The van der Waals surface area contributed by atoms with E-state index in [1.54, 1.807) is 0 Å². The first-order valence-electron chi connectivity index (χ1n) is 8.60. The zero-order valence-corrected chi connectivity index (χ0v) is 13.4. The number of rotatable bonds is 7. The van der Waals surface area contributed by atoms with Crippen molar-refractivity contribution < 1.29 is 9.90 Å². The zero-order valence-electron chi connectivity index (χ0n) is 13.4. The van der Waals surface area contributed by atoms with Crippen molar-refractivity contribution in [3.05, 3.63) is 0 Å². The molecule has 0 aromatic heterocycles. The van der Waals surface area contributed by atoms with Gasteiger partial charge in [0.15, 0.2) is 0 Å². The largest absolute Gasteiger partial charge is 0.395 e. The lowest BCUT2D eigenvalue weighted by molar-refractivity contribution is -0.136. The van der Waals surface area contributed by atoms with Crippen LogP contribution in [-0.4, -0.2) is 72.2 Å². The molecule has 1 amide bonds. The molecule has 0 spiro atoms. The summed E-state index contributed by atoms with van der Waals surface area (Å²) in [7, 11) is 0. The lowest BCUT2D eigenvalue weighted by Gasteiger charge is -2.37. The lowest BCUT2D eigenvalue weighted by Crippen LogP contribution is -2.50. The zero-order chi connectivity index (χ0) is 15.1. The second kappa shape index (κ2) is 8.71. The molecule has 2 unspecified atom stereocenters. The Morgan fingerprint density at radius 2 is 2.19 bits per heavy atom. The van der Waals surface area contributed by atoms with E-state index in [1.165, 1.54) is 19.3 Å². The SMILES string of the molecule is CCC1CCCCN1C(=O)CN(CCO)CC1CCCN1. The molecule has 2 rings (SSSR count). The number of carbonyl (C=O) groups excluding carboxylic acids is 1. The monoisotopic (exact) mass is 297 g/mol. The minimum absolute atomic E-state index is 0.122. The Morgan fingerprint density at radius 1 is 1.33 bits per heavy atom. The fourth-order valence-electron chi connectivity index (χ4n) is 3.64. The molecule has 2 fully saturated rings. The molecule has 5 heteroatoms. The highest BCUT2D eigenvalue weighted by molar-refractivity contribution is 5.78. The van der Waals surface area contributed by atoms with E-state index in [4.69, 9.17) is 0 Å². The molecular formula is C16H31N3O2. The number of nitrogens with one attached hydrogen (secondary N) is 1. The quantitative estimate of drug-likeness (QED) is 0.731. The predicted molar refractivity (Wildman–Crippen MR) is 84.2 cm³/mol. The maximum atomic E-state index is 12.6. The molecule has 2 aliphatic rings. The summed E-state index contributed by atoms with van der Waals surface area (Å²) in [6.45, 7) is 6.20. The van der Waals surface area contributed by atoms with Gasteiger partial charge in [-0.2, -0.15) is 0 Å². The van der Waals surface area contributed by atoms with Gasteiger partial charge in [-0.25, -0.2) is 0 Å². The first kappa shape index (κ1) is 16.7. The molecule has 0 aromatic carbocycles. The topological polar surface area (TPSA) is 55.8 Å². The number of amides is 1. The molecule has 2 atom stereocenters.